The van der Waals surface area contributed by atoms with Crippen molar-refractivity contribution < 1.29 is 14.3 Å². The van der Waals surface area contributed by atoms with Gasteiger partial charge in [-0.1, -0.05) is 23.8 Å². The minimum atomic E-state index is -0.509. The summed E-state index contributed by atoms with van der Waals surface area (Å²) in [6.07, 6.45) is 1.43. The van der Waals surface area contributed by atoms with E-state index in [2.05, 4.69) is 10.6 Å². The van der Waals surface area contributed by atoms with Gasteiger partial charge in [0.2, 0.25) is 0 Å². The second kappa shape index (κ2) is 10.2. The topological polar surface area (TPSA) is 83.4 Å². The molecule has 6 heteroatoms. The van der Waals surface area contributed by atoms with Crippen LogP contribution in [-0.2, 0) is 4.79 Å². The van der Waals surface area contributed by atoms with Crippen LogP contribution < -0.4 is 20.1 Å². The molecule has 0 aliphatic carbocycles. The molecular formula is C23H27N3O3. The van der Waals surface area contributed by atoms with E-state index in [0.717, 1.165) is 22.4 Å². The molecule has 152 valence electrons. The highest BCUT2D eigenvalue weighted by molar-refractivity contribution is 6.07. The monoisotopic (exact) mass is 393 g/mol. The molecule has 2 aromatic rings. The molecule has 0 fully saturated rings. The van der Waals surface area contributed by atoms with Gasteiger partial charge in [0.25, 0.3) is 5.91 Å². The molecule has 2 aromatic carbocycles. The van der Waals surface area contributed by atoms with Crippen LogP contribution in [0.1, 0.15) is 36.6 Å². The van der Waals surface area contributed by atoms with Gasteiger partial charge in [-0.2, -0.15) is 5.26 Å². The van der Waals surface area contributed by atoms with Crippen molar-refractivity contribution in [2.45, 2.75) is 33.7 Å². The van der Waals surface area contributed by atoms with E-state index in [4.69, 9.17) is 9.47 Å². The van der Waals surface area contributed by atoms with Gasteiger partial charge in [0.1, 0.15) is 23.1 Å². The van der Waals surface area contributed by atoms with E-state index in [1.807, 2.05) is 58.0 Å². The predicted molar refractivity (Wildman–Crippen MR) is 114 cm³/mol. The van der Waals surface area contributed by atoms with E-state index in [1.165, 1.54) is 13.3 Å². The van der Waals surface area contributed by atoms with Crippen molar-refractivity contribution in [1.29, 1.82) is 5.26 Å². The zero-order valence-corrected chi connectivity index (χ0v) is 17.5. The highest BCUT2D eigenvalue weighted by Gasteiger charge is 2.15. The fourth-order valence-corrected chi connectivity index (χ4v) is 2.85. The van der Waals surface area contributed by atoms with Gasteiger partial charge < -0.3 is 20.1 Å². The van der Waals surface area contributed by atoms with E-state index in [1.54, 1.807) is 12.1 Å². The molecule has 1 unspecified atom stereocenters. The quantitative estimate of drug-likeness (QED) is 0.513. The third-order valence-corrected chi connectivity index (χ3v) is 4.38. The van der Waals surface area contributed by atoms with Crippen LogP contribution in [0.3, 0.4) is 0 Å². The van der Waals surface area contributed by atoms with Crippen molar-refractivity contribution in [3.8, 4) is 17.6 Å². The molecule has 0 aliphatic heterocycles. The van der Waals surface area contributed by atoms with Crippen LogP contribution in [0.4, 0.5) is 5.69 Å². The van der Waals surface area contributed by atoms with Gasteiger partial charge in [-0.25, -0.2) is 0 Å². The largest absolute Gasteiger partial charge is 0.495 e. The van der Waals surface area contributed by atoms with Crippen LogP contribution in [0.5, 0.6) is 11.5 Å². The van der Waals surface area contributed by atoms with Gasteiger partial charge in [-0.05, 0) is 51.5 Å². The summed E-state index contributed by atoms with van der Waals surface area (Å²) >= 11 is 0. The molecule has 0 spiro atoms. The number of aryl methyl sites for hydroxylation is 2. The number of nitrogens with one attached hydrogen (secondary N) is 2. The average Bonchev–Trinajstić information content (AvgIpc) is 2.70. The lowest BCUT2D eigenvalue weighted by atomic mass is 10.0. The van der Waals surface area contributed by atoms with Crippen LogP contribution in [0.15, 0.2) is 48.2 Å². The number of rotatable bonds is 8. The van der Waals surface area contributed by atoms with Crippen molar-refractivity contribution in [3.63, 3.8) is 0 Å². The normalized spacial score (nSPS) is 11.9. The maximum Gasteiger partial charge on any atom is 0.267 e. The first-order valence-corrected chi connectivity index (χ1v) is 9.45. The van der Waals surface area contributed by atoms with E-state index in [0.29, 0.717) is 18.0 Å². The molecule has 2 N–H and O–H groups in total. The van der Waals surface area contributed by atoms with E-state index < -0.39 is 5.91 Å². The Bertz CT molecular complexity index is 945. The van der Waals surface area contributed by atoms with Crippen LogP contribution in [0.2, 0.25) is 0 Å². The molecule has 1 amide bonds. The Balaban J connectivity index is 2.18. The van der Waals surface area contributed by atoms with Gasteiger partial charge in [0.15, 0.2) is 0 Å². The average molecular weight is 393 g/mol. The number of nitrogens with zero attached hydrogens (tertiary/aromatic N) is 1. The fraction of sp³-hybridized carbons (Fsp3) is 0.304. The fourth-order valence-electron chi connectivity index (χ4n) is 2.85. The minimum absolute atomic E-state index is 0.0361. The predicted octanol–water partition coefficient (Wildman–Crippen LogP) is 4.41. The maximum absolute atomic E-state index is 12.6. The summed E-state index contributed by atoms with van der Waals surface area (Å²) in [6.45, 7) is 8.36. The second-order valence-electron chi connectivity index (χ2n) is 6.69. The number of ether oxygens (including phenoxy) is 2. The molecule has 0 aromatic heterocycles. The molecule has 0 heterocycles. The maximum atomic E-state index is 12.6. The lowest BCUT2D eigenvalue weighted by Crippen LogP contribution is -2.19. The van der Waals surface area contributed by atoms with Crippen molar-refractivity contribution in [2.75, 3.05) is 19.0 Å². The van der Waals surface area contributed by atoms with Crippen molar-refractivity contribution >= 4 is 11.6 Å². The smallest absolute Gasteiger partial charge is 0.267 e. The third-order valence-electron chi connectivity index (χ3n) is 4.38. The first kappa shape index (κ1) is 21.8. The molecule has 0 aliphatic rings. The number of amides is 1. The number of benzene rings is 2. The molecule has 0 radical (unpaired) electrons. The Morgan fingerprint density at radius 3 is 2.45 bits per heavy atom. The first-order valence-electron chi connectivity index (χ1n) is 9.45. The second-order valence-corrected chi connectivity index (χ2v) is 6.69. The van der Waals surface area contributed by atoms with Gasteiger partial charge in [-0.3, -0.25) is 4.79 Å². The zero-order valence-electron chi connectivity index (χ0n) is 17.5. The minimum Gasteiger partial charge on any atom is -0.495 e. The summed E-state index contributed by atoms with van der Waals surface area (Å²) in [5, 5.41) is 15.3. The zero-order chi connectivity index (χ0) is 21.4. The van der Waals surface area contributed by atoms with E-state index in [-0.39, 0.29) is 11.6 Å². The Hall–Kier alpha value is -3.46. The molecule has 29 heavy (non-hydrogen) atoms. The summed E-state index contributed by atoms with van der Waals surface area (Å²) in [5.74, 6) is 0.799. The lowest BCUT2D eigenvalue weighted by Gasteiger charge is -2.18. The number of hydrogen-bond acceptors (Lipinski definition) is 5. The lowest BCUT2D eigenvalue weighted by molar-refractivity contribution is -0.112. The highest BCUT2D eigenvalue weighted by Crippen LogP contribution is 2.27. The van der Waals surface area contributed by atoms with Crippen molar-refractivity contribution in [3.05, 3.63) is 64.9 Å². The first-order chi connectivity index (χ1) is 13.9. The third kappa shape index (κ3) is 5.76. The summed E-state index contributed by atoms with van der Waals surface area (Å²) in [5.41, 5.74) is 3.51. The summed E-state index contributed by atoms with van der Waals surface area (Å²) in [7, 11) is 1.53. The molecule has 0 saturated heterocycles. The van der Waals surface area contributed by atoms with Crippen LogP contribution in [0, 0.1) is 25.2 Å². The summed E-state index contributed by atoms with van der Waals surface area (Å²) in [6, 6.07) is 13.2. The Morgan fingerprint density at radius 2 is 1.83 bits per heavy atom. The van der Waals surface area contributed by atoms with Crippen molar-refractivity contribution in [1.82, 2.24) is 5.32 Å². The number of methoxy groups -OCH3 is 1. The number of carbonyl (C=O) groups is 1. The molecule has 6 nitrogen and oxygen atoms in total. The molecule has 0 saturated carbocycles. The van der Waals surface area contributed by atoms with E-state index in [9.17, 15) is 10.1 Å². The number of hydrogen-bond donors (Lipinski definition) is 2. The van der Waals surface area contributed by atoms with Gasteiger partial charge in [-0.15, -0.1) is 0 Å². The molecule has 1 atom stereocenters. The molecular weight excluding hydrogens is 366 g/mol. The number of carbonyl (C=O) groups excluding carboxylic acids is 1. The number of anilines is 1. The van der Waals surface area contributed by atoms with Gasteiger partial charge >= 0.3 is 0 Å². The Kier molecular flexibility index (Phi) is 7.67. The SMILES string of the molecule is CCOc1ccc(C)cc1C(C)N/C=C(/C#N)C(=O)Nc1cc(C)ccc1OC. The Morgan fingerprint density at radius 1 is 1.17 bits per heavy atom. The summed E-state index contributed by atoms with van der Waals surface area (Å²) in [4.78, 5) is 12.6. The van der Waals surface area contributed by atoms with Crippen LogP contribution >= 0.6 is 0 Å². The number of nitriles is 1. The van der Waals surface area contributed by atoms with Crippen LogP contribution in [0.25, 0.3) is 0 Å². The van der Waals surface area contributed by atoms with Crippen LogP contribution in [-0.4, -0.2) is 19.6 Å². The Labute approximate surface area is 172 Å². The van der Waals surface area contributed by atoms with Gasteiger partial charge in [0, 0.05) is 11.8 Å². The molecule has 0 bridgehead atoms. The van der Waals surface area contributed by atoms with Gasteiger partial charge in [0.05, 0.1) is 25.4 Å². The molecule has 2 rings (SSSR count). The highest BCUT2D eigenvalue weighted by atomic mass is 16.5. The summed E-state index contributed by atoms with van der Waals surface area (Å²) < 4.78 is 11.0. The van der Waals surface area contributed by atoms with E-state index >= 15 is 0 Å². The van der Waals surface area contributed by atoms with Crippen molar-refractivity contribution in [2.24, 2.45) is 0 Å². The standard InChI is InChI=1S/C23H27N3O3/c1-6-29-21-9-7-15(2)11-19(21)17(4)25-14-18(13-24)23(27)26-20-12-16(3)8-10-22(20)28-5/h7-12,14,17,25H,6H2,1-5H3,(H,26,27)/b18-14-.